The molecule has 114 valence electrons. The number of para-hydroxylation sites is 1. The van der Waals surface area contributed by atoms with Gasteiger partial charge >= 0.3 is 6.03 Å². The van der Waals surface area contributed by atoms with E-state index in [-0.39, 0.29) is 12.1 Å². The standard InChI is InChI=1S/C18H21N3O/c22-18(20-15-10-12-19-13-11-15)21-17-9-5-4-8-16(17)14-6-2-1-3-7-14/h1-9,15,19H,10-13H2,(H2,20,21,22). The van der Waals surface area contributed by atoms with Crippen molar-refractivity contribution in [2.75, 3.05) is 18.4 Å². The molecule has 0 atom stereocenters. The van der Waals surface area contributed by atoms with Gasteiger partial charge in [0.1, 0.15) is 0 Å². The number of benzene rings is 2. The van der Waals surface area contributed by atoms with E-state index >= 15 is 0 Å². The lowest BCUT2D eigenvalue weighted by Gasteiger charge is -2.24. The first kappa shape index (κ1) is 14.6. The van der Waals surface area contributed by atoms with Crippen LogP contribution in [0.5, 0.6) is 0 Å². The monoisotopic (exact) mass is 295 g/mol. The summed E-state index contributed by atoms with van der Waals surface area (Å²) in [6, 6.07) is 18.1. The smallest absolute Gasteiger partial charge is 0.319 e. The molecule has 1 saturated heterocycles. The summed E-state index contributed by atoms with van der Waals surface area (Å²) in [7, 11) is 0. The Labute approximate surface area is 130 Å². The number of hydrogen-bond donors (Lipinski definition) is 3. The van der Waals surface area contributed by atoms with E-state index in [2.05, 4.69) is 16.0 Å². The number of nitrogens with one attached hydrogen (secondary N) is 3. The summed E-state index contributed by atoms with van der Waals surface area (Å²) < 4.78 is 0. The second-order valence-electron chi connectivity index (χ2n) is 5.53. The maximum atomic E-state index is 12.2. The fourth-order valence-corrected chi connectivity index (χ4v) is 2.77. The molecule has 1 heterocycles. The molecule has 2 amide bonds. The number of amides is 2. The van der Waals surface area contributed by atoms with Crippen LogP contribution in [-0.2, 0) is 0 Å². The average Bonchev–Trinajstić information content (AvgIpc) is 2.57. The van der Waals surface area contributed by atoms with E-state index < -0.39 is 0 Å². The molecule has 4 nitrogen and oxygen atoms in total. The molecule has 0 aliphatic carbocycles. The van der Waals surface area contributed by atoms with Crippen LogP contribution in [0, 0.1) is 0 Å². The van der Waals surface area contributed by atoms with Gasteiger partial charge in [-0.1, -0.05) is 48.5 Å². The van der Waals surface area contributed by atoms with Crippen LogP contribution in [0.15, 0.2) is 54.6 Å². The van der Waals surface area contributed by atoms with Crippen molar-refractivity contribution in [2.24, 2.45) is 0 Å². The molecular formula is C18H21N3O. The quantitative estimate of drug-likeness (QED) is 0.814. The number of anilines is 1. The van der Waals surface area contributed by atoms with Crippen LogP contribution in [0.1, 0.15) is 12.8 Å². The lowest BCUT2D eigenvalue weighted by Crippen LogP contribution is -2.44. The van der Waals surface area contributed by atoms with Crippen molar-refractivity contribution < 1.29 is 4.79 Å². The fraction of sp³-hybridized carbons (Fsp3) is 0.278. The zero-order valence-corrected chi connectivity index (χ0v) is 12.5. The van der Waals surface area contributed by atoms with Crippen LogP contribution in [0.3, 0.4) is 0 Å². The van der Waals surface area contributed by atoms with Gasteiger partial charge in [-0.3, -0.25) is 0 Å². The zero-order valence-electron chi connectivity index (χ0n) is 12.5. The summed E-state index contributed by atoms with van der Waals surface area (Å²) in [6.45, 7) is 1.93. The highest BCUT2D eigenvalue weighted by Gasteiger charge is 2.16. The predicted octanol–water partition coefficient (Wildman–Crippen LogP) is 3.23. The van der Waals surface area contributed by atoms with Gasteiger partial charge in [0.15, 0.2) is 0 Å². The maximum Gasteiger partial charge on any atom is 0.319 e. The van der Waals surface area contributed by atoms with E-state index in [1.165, 1.54) is 0 Å². The third-order valence-corrected chi connectivity index (χ3v) is 3.93. The van der Waals surface area contributed by atoms with Crippen molar-refractivity contribution in [1.82, 2.24) is 10.6 Å². The Hall–Kier alpha value is -2.33. The lowest BCUT2D eigenvalue weighted by atomic mass is 10.0. The summed E-state index contributed by atoms with van der Waals surface area (Å²) in [5, 5.41) is 9.34. The van der Waals surface area contributed by atoms with Crippen LogP contribution in [0.25, 0.3) is 11.1 Å². The highest BCUT2D eigenvalue weighted by Crippen LogP contribution is 2.27. The Balaban J connectivity index is 1.71. The maximum absolute atomic E-state index is 12.2. The van der Waals surface area contributed by atoms with Gasteiger partial charge in [0.05, 0.1) is 5.69 Å². The first-order valence-corrected chi connectivity index (χ1v) is 7.75. The molecule has 0 saturated carbocycles. The van der Waals surface area contributed by atoms with Crippen LogP contribution < -0.4 is 16.0 Å². The molecule has 0 unspecified atom stereocenters. The topological polar surface area (TPSA) is 53.2 Å². The summed E-state index contributed by atoms with van der Waals surface area (Å²) in [5.74, 6) is 0. The minimum atomic E-state index is -0.129. The summed E-state index contributed by atoms with van der Waals surface area (Å²) in [4.78, 5) is 12.2. The molecule has 3 rings (SSSR count). The highest BCUT2D eigenvalue weighted by molar-refractivity contribution is 5.94. The molecule has 2 aromatic carbocycles. The molecule has 0 spiro atoms. The van der Waals surface area contributed by atoms with E-state index in [0.717, 1.165) is 42.7 Å². The molecule has 1 aliphatic heterocycles. The van der Waals surface area contributed by atoms with Crippen LogP contribution in [-0.4, -0.2) is 25.2 Å². The van der Waals surface area contributed by atoms with Crippen molar-refractivity contribution in [3.63, 3.8) is 0 Å². The van der Waals surface area contributed by atoms with Gasteiger partial charge in [0, 0.05) is 11.6 Å². The van der Waals surface area contributed by atoms with Gasteiger partial charge < -0.3 is 16.0 Å². The van der Waals surface area contributed by atoms with Crippen molar-refractivity contribution in [1.29, 1.82) is 0 Å². The molecule has 0 bridgehead atoms. The van der Waals surface area contributed by atoms with Crippen molar-refractivity contribution in [2.45, 2.75) is 18.9 Å². The minimum absolute atomic E-state index is 0.129. The van der Waals surface area contributed by atoms with E-state index in [1.807, 2.05) is 54.6 Å². The highest BCUT2D eigenvalue weighted by atomic mass is 16.2. The molecule has 4 heteroatoms. The lowest BCUT2D eigenvalue weighted by molar-refractivity contribution is 0.245. The molecule has 1 fully saturated rings. The second-order valence-corrected chi connectivity index (χ2v) is 5.53. The molecule has 0 radical (unpaired) electrons. The summed E-state index contributed by atoms with van der Waals surface area (Å²) >= 11 is 0. The van der Waals surface area contributed by atoms with Crippen LogP contribution in [0.4, 0.5) is 10.5 Å². The Morgan fingerprint density at radius 3 is 2.41 bits per heavy atom. The summed E-state index contributed by atoms with van der Waals surface area (Å²) in [5.41, 5.74) is 2.96. The number of piperidine rings is 1. The van der Waals surface area contributed by atoms with Gasteiger partial charge in [-0.25, -0.2) is 4.79 Å². The van der Waals surface area contributed by atoms with E-state index in [0.29, 0.717) is 0 Å². The number of carbonyl (C=O) groups is 1. The van der Waals surface area contributed by atoms with Crippen LogP contribution in [0.2, 0.25) is 0 Å². The molecule has 0 aromatic heterocycles. The largest absolute Gasteiger partial charge is 0.335 e. The number of urea groups is 1. The normalized spacial score (nSPS) is 15.3. The van der Waals surface area contributed by atoms with Gasteiger partial charge in [-0.05, 0) is 37.6 Å². The van der Waals surface area contributed by atoms with E-state index in [4.69, 9.17) is 0 Å². The first-order valence-electron chi connectivity index (χ1n) is 7.75. The average molecular weight is 295 g/mol. The summed E-state index contributed by atoms with van der Waals surface area (Å²) in [6.07, 6.45) is 1.96. The van der Waals surface area contributed by atoms with E-state index in [1.54, 1.807) is 0 Å². The van der Waals surface area contributed by atoms with Crippen molar-refractivity contribution in [3.8, 4) is 11.1 Å². The van der Waals surface area contributed by atoms with Gasteiger partial charge in [-0.15, -0.1) is 0 Å². The second kappa shape index (κ2) is 7.09. The Bertz CT molecular complexity index is 621. The van der Waals surface area contributed by atoms with Gasteiger partial charge in [-0.2, -0.15) is 0 Å². The predicted molar refractivity (Wildman–Crippen MR) is 89.9 cm³/mol. The molecule has 2 aromatic rings. The fourth-order valence-electron chi connectivity index (χ4n) is 2.77. The van der Waals surface area contributed by atoms with E-state index in [9.17, 15) is 4.79 Å². The number of carbonyl (C=O) groups excluding carboxylic acids is 1. The van der Waals surface area contributed by atoms with Crippen molar-refractivity contribution >= 4 is 11.7 Å². The SMILES string of the molecule is O=C(Nc1ccccc1-c1ccccc1)NC1CCNCC1. The Morgan fingerprint density at radius 1 is 0.955 bits per heavy atom. The number of hydrogen-bond acceptors (Lipinski definition) is 2. The zero-order chi connectivity index (χ0) is 15.2. The first-order chi connectivity index (χ1) is 10.8. The Morgan fingerprint density at radius 2 is 1.64 bits per heavy atom. The third-order valence-electron chi connectivity index (χ3n) is 3.93. The Kier molecular flexibility index (Phi) is 4.71. The van der Waals surface area contributed by atoms with Crippen LogP contribution >= 0.6 is 0 Å². The molecule has 1 aliphatic rings. The molecular weight excluding hydrogens is 274 g/mol. The third kappa shape index (κ3) is 3.65. The molecule has 22 heavy (non-hydrogen) atoms. The molecule has 3 N–H and O–H groups in total. The number of rotatable bonds is 3. The minimum Gasteiger partial charge on any atom is -0.335 e. The van der Waals surface area contributed by atoms with Gasteiger partial charge in [0.2, 0.25) is 0 Å². The van der Waals surface area contributed by atoms with Gasteiger partial charge in [0.25, 0.3) is 0 Å². The van der Waals surface area contributed by atoms with Crippen molar-refractivity contribution in [3.05, 3.63) is 54.6 Å².